The van der Waals surface area contributed by atoms with Crippen LogP contribution in [0.25, 0.3) is 0 Å². The molecule has 106 valence electrons. The van der Waals surface area contributed by atoms with Crippen LogP contribution in [0.15, 0.2) is 24.3 Å². The number of carbonyl (C=O) groups excluding carboxylic acids is 1. The topological polar surface area (TPSA) is 55.8 Å². The average molecular weight is 266 g/mol. The minimum Gasteiger partial charge on any atom is -0.508 e. The van der Waals surface area contributed by atoms with Crippen molar-refractivity contribution < 1.29 is 19.4 Å². The van der Waals surface area contributed by atoms with Gasteiger partial charge in [-0.3, -0.25) is 0 Å². The van der Waals surface area contributed by atoms with Crippen LogP contribution in [0, 0.1) is 0 Å². The Morgan fingerprint density at radius 1 is 1.21 bits per heavy atom. The molecular weight excluding hydrogens is 244 g/mol. The molecule has 0 aliphatic rings. The first-order valence-electron chi connectivity index (χ1n) is 6.64. The van der Waals surface area contributed by atoms with Gasteiger partial charge >= 0.3 is 5.97 Å². The molecule has 4 nitrogen and oxygen atoms in total. The Balaban J connectivity index is 2.37. The molecule has 1 rings (SSSR count). The Morgan fingerprint density at radius 2 is 1.84 bits per heavy atom. The van der Waals surface area contributed by atoms with Gasteiger partial charge in [0.25, 0.3) is 0 Å². The van der Waals surface area contributed by atoms with Gasteiger partial charge in [0.15, 0.2) is 0 Å². The number of benzene rings is 1. The summed E-state index contributed by atoms with van der Waals surface area (Å²) < 4.78 is 10.8. The Hall–Kier alpha value is -1.55. The second-order valence-electron chi connectivity index (χ2n) is 4.70. The molecule has 0 saturated carbocycles. The Morgan fingerprint density at radius 3 is 2.42 bits per heavy atom. The van der Waals surface area contributed by atoms with Crippen molar-refractivity contribution in [3.63, 3.8) is 0 Å². The molecule has 1 N–H and O–H groups in total. The summed E-state index contributed by atoms with van der Waals surface area (Å²) in [5.74, 6) is -0.277. The molecule has 1 aromatic carbocycles. The van der Waals surface area contributed by atoms with Gasteiger partial charge in [-0.15, -0.1) is 0 Å². The second kappa shape index (κ2) is 7.79. The number of phenolic OH excluding ortho intramolecular Hbond substituents is 1. The fourth-order valence-corrected chi connectivity index (χ4v) is 1.67. The van der Waals surface area contributed by atoms with Gasteiger partial charge in [-0.2, -0.15) is 0 Å². The van der Waals surface area contributed by atoms with Crippen LogP contribution in [0.4, 0.5) is 0 Å². The first kappa shape index (κ1) is 15.5. The molecule has 0 bridgehead atoms. The summed E-state index contributed by atoms with van der Waals surface area (Å²) in [6.45, 7) is 6.31. The van der Waals surface area contributed by atoms with E-state index < -0.39 is 5.97 Å². The van der Waals surface area contributed by atoms with Crippen molar-refractivity contribution >= 4 is 5.97 Å². The monoisotopic (exact) mass is 266 g/mol. The standard InChI is InChI=1S/C15H22O4/c1-4-5-11(2)18-10-12(3)19-15(17)13-6-8-14(16)9-7-13/h6-9,11-12,16H,4-5,10H2,1-3H3/t11-,12+/m0/s1. The third-order valence-corrected chi connectivity index (χ3v) is 2.72. The Labute approximate surface area is 114 Å². The van der Waals surface area contributed by atoms with Crippen LogP contribution in [0.5, 0.6) is 5.75 Å². The summed E-state index contributed by atoms with van der Waals surface area (Å²) in [5, 5.41) is 9.14. The van der Waals surface area contributed by atoms with E-state index in [0.29, 0.717) is 12.2 Å². The number of aromatic hydroxyl groups is 1. The van der Waals surface area contributed by atoms with Crippen molar-refractivity contribution in [2.24, 2.45) is 0 Å². The number of ether oxygens (including phenoxy) is 2. The molecule has 0 unspecified atom stereocenters. The molecule has 0 saturated heterocycles. The van der Waals surface area contributed by atoms with E-state index in [0.717, 1.165) is 12.8 Å². The van der Waals surface area contributed by atoms with Crippen molar-refractivity contribution in [2.45, 2.75) is 45.8 Å². The van der Waals surface area contributed by atoms with E-state index in [4.69, 9.17) is 14.6 Å². The number of hydrogen-bond donors (Lipinski definition) is 1. The van der Waals surface area contributed by atoms with E-state index in [2.05, 4.69) is 6.92 Å². The van der Waals surface area contributed by atoms with E-state index in [1.54, 1.807) is 6.92 Å². The Bertz CT molecular complexity index is 386. The molecule has 0 radical (unpaired) electrons. The van der Waals surface area contributed by atoms with Crippen LogP contribution >= 0.6 is 0 Å². The zero-order valence-corrected chi connectivity index (χ0v) is 11.8. The lowest BCUT2D eigenvalue weighted by Gasteiger charge is -2.17. The normalized spacial score (nSPS) is 13.8. The summed E-state index contributed by atoms with van der Waals surface area (Å²) in [7, 11) is 0. The molecule has 1 aromatic rings. The SMILES string of the molecule is CCC[C@H](C)OC[C@@H](C)OC(=O)c1ccc(O)cc1. The number of phenols is 1. The molecule has 0 aliphatic heterocycles. The van der Waals surface area contributed by atoms with Gasteiger partial charge in [0.1, 0.15) is 11.9 Å². The molecule has 0 fully saturated rings. The molecule has 19 heavy (non-hydrogen) atoms. The van der Waals surface area contributed by atoms with Crippen molar-refractivity contribution in [3.8, 4) is 5.75 Å². The van der Waals surface area contributed by atoms with E-state index in [9.17, 15) is 4.79 Å². The summed E-state index contributed by atoms with van der Waals surface area (Å²) in [5.41, 5.74) is 0.422. The second-order valence-corrected chi connectivity index (χ2v) is 4.70. The highest BCUT2D eigenvalue weighted by Crippen LogP contribution is 2.11. The fourth-order valence-electron chi connectivity index (χ4n) is 1.67. The average Bonchev–Trinajstić information content (AvgIpc) is 2.37. The van der Waals surface area contributed by atoms with Gasteiger partial charge in [0.2, 0.25) is 0 Å². The van der Waals surface area contributed by atoms with E-state index >= 15 is 0 Å². The largest absolute Gasteiger partial charge is 0.508 e. The predicted molar refractivity (Wildman–Crippen MR) is 73.3 cm³/mol. The van der Waals surface area contributed by atoms with Crippen LogP contribution in [0.3, 0.4) is 0 Å². The fraction of sp³-hybridized carbons (Fsp3) is 0.533. The van der Waals surface area contributed by atoms with Gasteiger partial charge in [-0.25, -0.2) is 4.79 Å². The molecular formula is C15H22O4. The van der Waals surface area contributed by atoms with Gasteiger partial charge in [-0.05, 0) is 44.5 Å². The highest BCUT2D eigenvalue weighted by molar-refractivity contribution is 5.89. The van der Waals surface area contributed by atoms with Gasteiger partial charge in [-0.1, -0.05) is 13.3 Å². The minimum atomic E-state index is -0.403. The Kier molecular flexibility index (Phi) is 6.36. The third-order valence-electron chi connectivity index (χ3n) is 2.72. The predicted octanol–water partition coefficient (Wildman–Crippen LogP) is 3.14. The first-order valence-corrected chi connectivity index (χ1v) is 6.64. The van der Waals surface area contributed by atoms with Gasteiger partial charge in [0.05, 0.1) is 18.3 Å². The quantitative estimate of drug-likeness (QED) is 0.770. The van der Waals surface area contributed by atoms with Crippen LogP contribution in [-0.2, 0) is 9.47 Å². The lowest BCUT2D eigenvalue weighted by molar-refractivity contribution is -0.0199. The number of carbonyl (C=O) groups is 1. The molecule has 0 aromatic heterocycles. The van der Waals surface area contributed by atoms with Crippen LogP contribution < -0.4 is 0 Å². The van der Waals surface area contributed by atoms with Crippen molar-refractivity contribution in [3.05, 3.63) is 29.8 Å². The molecule has 4 heteroatoms. The van der Waals surface area contributed by atoms with Gasteiger partial charge < -0.3 is 14.6 Å². The molecule has 2 atom stereocenters. The maximum atomic E-state index is 11.8. The van der Waals surface area contributed by atoms with Crippen molar-refractivity contribution in [2.75, 3.05) is 6.61 Å². The molecule has 0 aliphatic carbocycles. The lowest BCUT2D eigenvalue weighted by atomic mass is 10.2. The minimum absolute atomic E-state index is 0.126. The van der Waals surface area contributed by atoms with Gasteiger partial charge in [0, 0.05) is 0 Å². The molecule has 0 amide bonds. The van der Waals surface area contributed by atoms with Crippen molar-refractivity contribution in [1.29, 1.82) is 0 Å². The molecule has 0 spiro atoms. The number of rotatable bonds is 7. The van der Waals surface area contributed by atoms with Crippen LogP contribution in [0.2, 0.25) is 0 Å². The van der Waals surface area contributed by atoms with E-state index in [1.165, 1.54) is 24.3 Å². The zero-order chi connectivity index (χ0) is 14.3. The smallest absolute Gasteiger partial charge is 0.338 e. The maximum absolute atomic E-state index is 11.8. The third kappa shape index (κ3) is 5.75. The highest BCUT2D eigenvalue weighted by Gasteiger charge is 2.13. The van der Waals surface area contributed by atoms with E-state index in [-0.39, 0.29) is 18.0 Å². The van der Waals surface area contributed by atoms with Crippen molar-refractivity contribution in [1.82, 2.24) is 0 Å². The molecule has 0 heterocycles. The summed E-state index contributed by atoms with van der Waals surface area (Å²) in [6.07, 6.45) is 1.96. The highest BCUT2D eigenvalue weighted by atomic mass is 16.6. The summed E-state index contributed by atoms with van der Waals surface area (Å²) >= 11 is 0. The van der Waals surface area contributed by atoms with E-state index in [1.807, 2.05) is 6.92 Å². The van der Waals surface area contributed by atoms with Crippen LogP contribution in [0.1, 0.15) is 44.0 Å². The maximum Gasteiger partial charge on any atom is 0.338 e. The van der Waals surface area contributed by atoms with Crippen LogP contribution in [-0.4, -0.2) is 29.9 Å². The lowest BCUT2D eigenvalue weighted by Crippen LogP contribution is -2.23. The zero-order valence-electron chi connectivity index (χ0n) is 11.8. The summed E-state index contributed by atoms with van der Waals surface area (Å²) in [4.78, 5) is 11.8. The number of esters is 1. The summed E-state index contributed by atoms with van der Waals surface area (Å²) in [6, 6.07) is 5.98. The first-order chi connectivity index (χ1) is 9.02. The number of hydrogen-bond acceptors (Lipinski definition) is 4.